The molecule has 4 aromatic rings. The smallest absolute Gasteiger partial charge is 0.172 e. The van der Waals surface area contributed by atoms with Crippen molar-refractivity contribution >= 4 is 52.3 Å². The van der Waals surface area contributed by atoms with Crippen molar-refractivity contribution in [1.29, 1.82) is 0 Å². The molecule has 5 rings (SSSR count). The Bertz CT molecular complexity index is 1280. The fourth-order valence-electron chi connectivity index (χ4n) is 4.50. The summed E-state index contributed by atoms with van der Waals surface area (Å²) in [6, 6.07) is 17.9. The van der Waals surface area contributed by atoms with Crippen LogP contribution in [0.1, 0.15) is 18.4 Å². The van der Waals surface area contributed by atoms with Crippen LogP contribution in [0, 0.1) is 5.92 Å². The third-order valence-electron chi connectivity index (χ3n) is 6.20. The highest BCUT2D eigenvalue weighted by Gasteiger charge is 2.21. The Morgan fingerprint density at radius 1 is 1.15 bits per heavy atom. The lowest BCUT2D eigenvalue weighted by molar-refractivity contribution is 0.173. The van der Waals surface area contributed by atoms with Crippen LogP contribution in [0.15, 0.2) is 65.3 Å². The second kappa shape index (κ2) is 9.88. The summed E-state index contributed by atoms with van der Waals surface area (Å²) >= 11 is 10.0. The lowest BCUT2D eigenvalue weighted by Gasteiger charge is -2.33. The summed E-state index contributed by atoms with van der Waals surface area (Å²) in [6.45, 7) is 3.90. The number of fused-ring (bicyclic) bond motifs is 1. The highest BCUT2D eigenvalue weighted by atomic mass is 79.9. The Labute approximate surface area is 208 Å². The Morgan fingerprint density at radius 3 is 2.82 bits per heavy atom. The number of piperidine rings is 1. The van der Waals surface area contributed by atoms with E-state index >= 15 is 0 Å². The standard InChI is InChI=1S/C25H24BBrClN5/c26-20-9-3-1-7-18(20)16-32-11-5-6-17(15-32)13-29-24-12-23(19-8-2-4-10-22(19)28)31-25-21(27)14-30-33(24)25/h1-4,7-10,12,14,17,29H,5-6,11,13,15-16H2. The summed E-state index contributed by atoms with van der Waals surface area (Å²) in [6.07, 6.45) is 4.15. The molecule has 0 bridgehead atoms. The van der Waals surface area contributed by atoms with E-state index < -0.39 is 0 Å². The fourth-order valence-corrected chi connectivity index (χ4v) is 5.08. The second-order valence-electron chi connectivity index (χ2n) is 8.56. The van der Waals surface area contributed by atoms with Crippen molar-refractivity contribution in [3.05, 3.63) is 75.9 Å². The van der Waals surface area contributed by atoms with Gasteiger partial charge in [-0.1, -0.05) is 59.5 Å². The largest absolute Gasteiger partial charge is 0.370 e. The SMILES string of the molecule is [B]c1ccccc1CN1CCCC(CNc2cc(-c3ccccc3Cl)nc3c(Br)cnn23)C1. The van der Waals surface area contributed by atoms with E-state index in [1.807, 2.05) is 47.0 Å². The van der Waals surface area contributed by atoms with Crippen LogP contribution in [0.5, 0.6) is 0 Å². The topological polar surface area (TPSA) is 45.5 Å². The van der Waals surface area contributed by atoms with Crippen LogP contribution >= 0.6 is 27.5 Å². The van der Waals surface area contributed by atoms with Gasteiger partial charge >= 0.3 is 0 Å². The maximum Gasteiger partial charge on any atom is 0.172 e. The fraction of sp³-hybridized carbons (Fsp3) is 0.280. The molecule has 1 N–H and O–H groups in total. The molecule has 0 saturated carbocycles. The molecule has 1 saturated heterocycles. The van der Waals surface area contributed by atoms with Gasteiger partial charge in [0.2, 0.25) is 0 Å². The molecule has 0 amide bonds. The Balaban J connectivity index is 1.34. The van der Waals surface area contributed by atoms with E-state index in [1.165, 1.54) is 18.4 Å². The molecule has 5 nitrogen and oxygen atoms in total. The van der Waals surface area contributed by atoms with Crippen molar-refractivity contribution in [2.24, 2.45) is 5.92 Å². The summed E-state index contributed by atoms with van der Waals surface area (Å²) in [5.41, 5.74) is 4.56. The lowest BCUT2D eigenvalue weighted by atomic mass is 9.89. The van der Waals surface area contributed by atoms with Crippen molar-refractivity contribution in [3.8, 4) is 11.3 Å². The van der Waals surface area contributed by atoms with E-state index in [0.29, 0.717) is 10.9 Å². The Morgan fingerprint density at radius 2 is 1.97 bits per heavy atom. The maximum atomic E-state index is 6.46. The van der Waals surface area contributed by atoms with Gasteiger partial charge in [-0.05, 0) is 52.9 Å². The van der Waals surface area contributed by atoms with Gasteiger partial charge in [-0.15, -0.1) is 0 Å². The van der Waals surface area contributed by atoms with Gasteiger partial charge in [0.15, 0.2) is 5.65 Å². The van der Waals surface area contributed by atoms with Gasteiger partial charge in [-0.3, -0.25) is 4.90 Å². The van der Waals surface area contributed by atoms with Crippen molar-refractivity contribution in [2.75, 3.05) is 25.0 Å². The number of nitrogens with zero attached hydrogens (tertiary/aromatic N) is 4. The quantitative estimate of drug-likeness (QED) is 0.366. The molecular weight excluding hydrogens is 496 g/mol. The van der Waals surface area contributed by atoms with Crippen molar-refractivity contribution in [2.45, 2.75) is 19.4 Å². The van der Waals surface area contributed by atoms with Gasteiger partial charge in [0.25, 0.3) is 0 Å². The van der Waals surface area contributed by atoms with Gasteiger partial charge in [-0.25, -0.2) is 4.98 Å². The van der Waals surface area contributed by atoms with Gasteiger partial charge < -0.3 is 5.32 Å². The highest BCUT2D eigenvalue weighted by molar-refractivity contribution is 9.10. The molecule has 2 aromatic carbocycles. The minimum Gasteiger partial charge on any atom is -0.370 e. The molecule has 1 aliphatic rings. The van der Waals surface area contributed by atoms with Crippen molar-refractivity contribution in [3.63, 3.8) is 0 Å². The van der Waals surface area contributed by atoms with Gasteiger partial charge in [0, 0.05) is 36.3 Å². The molecule has 1 atom stereocenters. The van der Waals surface area contributed by atoms with Crippen LogP contribution in [0.2, 0.25) is 5.02 Å². The monoisotopic (exact) mass is 519 g/mol. The minimum absolute atomic E-state index is 0.537. The summed E-state index contributed by atoms with van der Waals surface area (Å²) in [4.78, 5) is 7.30. The third kappa shape index (κ3) is 4.95. The molecule has 166 valence electrons. The van der Waals surface area contributed by atoms with Crippen LogP contribution in [0.3, 0.4) is 0 Å². The minimum atomic E-state index is 0.537. The first kappa shape index (κ1) is 22.4. The average Bonchev–Trinajstić information content (AvgIpc) is 3.20. The number of halogens is 2. The summed E-state index contributed by atoms with van der Waals surface area (Å²) in [7, 11) is 6.17. The Hall–Kier alpha value is -2.35. The molecule has 33 heavy (non-hydrogen) atoms. The molecule has 2 aromatic heterocycles. The first-order valence-electron chi connectivity index (χ1n) is 11.2. The molecular formula is C25H24BBrClN5. The van der Waals surface area contributed by atoms with E-state index in [-0.39, 0.29) is 0 Å². The number of anilines is 1. The van der Waals surface area contributed by atoms with Gasteiger partial charge in [0.1, 0.15) is 13.7 Å². The summed E-state index contributed by atoms with van der Waals surface area (Å²) in [5.74, 6) is 1.44. The van der Waals surface area contributed by atoms with Crippen LogP contribution < -0.4 is 10.8 Å². The number of rotatable bonds is 6. The van der Waals surface area contributed by atoms with Crippen molar-refractivity contribution in [1.82, 2.24) is 19.5 Å². The predicted molar refractivity (Wildman–Crippen MR) is 139 cm³/mol. The zero-order valence-corrected chi connectivity index (χ0v) is 20.6. The van der Waals surface area contributed by atoms with E-state index in [2.05, 4.69) is 43.4 Å². The van der Waals surface area contributed by atoms with Crippen molar-refractivity contribution < 1.29 is 0 Å². The number of aromatic nitrogens is 3. The lowest BCUT2D eigenvalue weighted by Crippen LogP contribution is -2.38. The molecule has 0 spiro atoms. The van der Waals surface area contributed by atoms with Gasteiger partial charge in [-0.2, -0.15) is 9.61 Å². The van der Waals surface area contributed by atoms with Gasteiger partial charge in [0.05, 0.1) is 16.4 Å². The van der Waals surface area contributed by atoms with Crippen LogP contribution in [0.25, 0.3) is 16.9 Å². The molecule has 1 unspecified atom stereocenters. The summed E-state index contributed by atoms with van der Waals surface area (Å²) < 4.78 is 2.69. The number of hydrogen-bond donors (Lipinski definition) is 1. The van der Waals surface area contributed by atoms with Crippen LogP contribution in [-0.2, 0) is 6.54 Å². The average molecular weight is 521 g/mol. The molecule has 1 aliphatic heterocycles. The van der Waals surface area contributed by atoms with E-state index in [0.717, 1.165) is 58.8 Å². The molecule has 0 aliphatic carbocycles. The van der Waals surface area contributed by atoms with Crippen LogP contribution in [-0.4, -0.2) is 47.0 Å². The zero-order chi connectivity index (χ0) is 22.8. The zero-order valence-electron chi connectivity index (χ0n) is 18.2. The number of nitrogens with one attached hydrogen (secondary N) is 1. The molecule has 1 fully saturated rings. The molecule has 8 heteroatoms. The van der Waals surface area contributed by atoms with E-state index in [4.69, 9.17) is 24.4 Å². The molecule has 3 heterocycles. The Kier molecular flexibility index (Phi) is 6.72. The maximum absolute atomic E-state index is 6.46. The highest BCUT2D eigenvalue weighted by Crippen LogP contribution is 2.30. The molecule has 2 radical (unpaired) electrons. The van der Waals surface area contributed by atoms with Crippen LogP contribution in [0.4, 0.5) is 5.82 Å². The third-order valence-corrected chi connectivity index (χ3v) is 7.09. The summed E-state index contributed by atoms with van der Waals surface area (Å²) in [5, 5.41) is 8.83. The second-order valence-corrected chi connectivity index (χ2v) is 9.82. The normalized spacial score (nSPS) is 16.8. The first-order valence-corrected chi connectivity index (χ1v) is 12.3. The number of hydrogen-bond acceptors (Lipinski definition) is 4. The number of likely N-dealkylation sites (tertiary alicyclic amines) is 1. The van der Waals surface area contributed by atoms with E-state index in [9.17, 15) is 0 Å². The number of benzene rings is 2. The van der Waals surface area contributed by atoms with E-state index in [1.54, 1.807) is 6.20 Å². The first-order chi connectivity index (χ1) is 16.1. The predicted octanol–water partition coefficient (Wildman–Crippen LogP) is 4.93.